The zero-order valence-electron chi connectivity index (χ0n) is 19.1. The normalized spacial score (nSPS) is 54.0. The van der Waals surface area contributed by atoms with Crippen LogP contribution in [0, 0.1) is 52.3 Å². The minimum Gasteiger partial charge on any atom is -0.481 e. The first-order valence-electron chi connectivity index (χ1n) is 12.3. The molecule has 0 aromatic heterocycles. The second kappa shape index (κ2) is 7.74. The van der Waals surface area contributed by atoms with Crippen LogP contribution in [-0.2, 0) is 4.79 Å². The summed E-state index contributed by atoms with van der Waals surface area (Å²) in [5, 5.41) is 42.1. The summed E-state index contributed by atoms with van der Waals surface area (Å²) in [5.74, 6) is 1.15. The minimum atomic E-state index is -0.749. The molecule has 4 fully saturated rings. The quantitative estimate of drug-likeness (QED) is 0.554. The van der Waals surface area contributed by atoms with E-state index in [0.717, 1.165) is 38.5 Å². The van der Waals surface area contributed by atoms with Crippen LogP contribution in [0.2, 0.25) is 0 Å². The summed E-state index contributed by atoms with van der Waals surface area (Å²) in [6.45, 7) is 9.13. The number of rotatable bonds is 4. The molecule has 0 spiro atoms. The molecule has 4 aliphatic rings. The second-order valence-electron chi connectivity index (χ2n) is 12.0. The van der Waals surface area contributed by atoms with Crippen LogP contribution in [0.1, 0.15) is 79.1 Å². The summed E-state index contributed by atoms with van der Waals surface area (Å²) in [5.41, 5.74) is 0.0668. The topological polar surface area (TPSA) is 98.0 Å². The Kier molecular flexibility index (Phi) is 5.81. The molecule has 0 aliphatic heterocycles. The number of hydrogen-bond acceptors (Lipinski definition) is 4. The smallest absolute Gasteiger partial charge is 0.303 e. The molecule has 30 heavy (non-hydrogen) atoms. The van der Waals surface area contributed by atoms with Gasteiger partial charge < -0.3 is 20.4 Å². The molecular weight excluding hydrogens is 380 g/mol. The maximum Gasteiger partial charge on any atom is 0.303 e. The number of carbonyl (C=O) groups is 1. The maximum absolute atomic E-state index is 11.3. The molecule has 0 bridgehead atoms. The Bertz CT molecular complexity index is 666. The third-order valence-electron chi connectivity index (χ3n) is 10.8. The molecule has 0 saturated heterocycles. The fourth-order valence-electron chi connectivity index (χ4n) is 9.20. The predicted octanol–water partition coefficient (Wildman–Crippen LogP) is 3.69. The highest BCUT2D eigenvalue weighted by atomic mass is 16.4. The summed E-state index contributed by atoms with van der Waals surface area (Å²) in [7, 11) is 0. The molecule has 1 unspecified atom stereocenters. The molecule has 4 saturated carbocycles. The fourth-order valence-corrected chi connectivity index (χ4v) is 9.20. The van der Waals surface area contributed by atoms with Crippen molar-refractivity contribution in [2.24, 2.45) is 52.3 Å². The number of hydrogen-bond donors (Lipinski definition) is 4. The Morgan fingerprint density at radius 1 is 1.07 bits per heavy atom. The molecule has 4 rings (SSSR count). The number of aliphatic hydroxyl groups is 3. The zero-order chi connectivity index (χ0) is 22.0. The Hall–Kier alpha value is -0.650. The van der Waals surface area contributed by atoms with Gasteiger partial charge in [-0.2, -0.15) is 0 Å². The lowest BCUT2D eigenvalue weighted by molar-refractivity contribution is -0.201. The average molecular weight is 423 g/mol. The van der Waals surface area contributed by atoms with Gasteiger partial charge in [-0.15, -0.1) is 0 Å². The van der Waals surface area contributed by atoms with E-state index >= 15 is 0 Å². The summed E-state index contributed by atoms with van der Waals surface area (Å²) in [6, 6.07) is 0. The van der Waals surface area contributed by atoms with E-state index < -0.39 is 18.2 Å². The van der Waals surface area contributed by atoms with Crippen LogP contribution in [0.25, 0.3) is 0 Å². The van der Waals surface area contributed by atoms with Gasteiger partial charge in [-0.25, -0.2) is 0 Å². The van der Waals surface area contributed by atoms with Crippen molar-refractivity contribution >= 4 is 5.97 Å². The van der Waals surface area contributed by atoms with E-state index in [1.807, 2.05) is 0 Å². The van der Waals surface area contributed by atoms with E-state index in [2.05, 4.69) is 27.7 Å². The van der Waals surface area contributed by atoms with Crippen LogP contribution in [-0.4, -0.2) is 44.7 Å². The van der Waals surface area contributed by atoms with Crippen molar-refractivity contribution in [2.45, 2.75) is 97.4 Å². The van der Waals surface area contributed by atoms with Crippen molar-refractivity contribution in [3.8, 4) is 0 Å². The minimum absolute atomic E-state index is 0.0416. The van der Waals surface area contributed by atoms with Gasteiger partial charge in [0.25, 0.3) is 0 Å². The lowest BCUT2D eigenvalue weighted by atomic mass is 9.41. The molecule has 0 radical (unpaired) electrons. The van der Waals surface area contributed by atoms with Gasteiger partial charge >= 0.3 is 5.97 Å². The Labute approximate surface area is 181 Å². The summed E-state index contributed by atoms with van der Waals surface area (Å²) in [4.78, 5) is 11.1. The van der Waals surface area contributed by atoms with Crippen molar-refractivity contribution in [2.75, 3.05) is 0 Å². The zero-order valence-corrected chi connectivity index (χ0v) is 19.1. The fraction of sp³-hybridized carbons (Fsp3) is 0.960. The average Bonchev–Trinajstić information content (AvgIpc) is 2.93. The van der Waals surface area contributed by atoms with E-state index in [1.165, 1.54) is 0 Å². The number of aliphatic hydroxyl groups excluding tert-OH is 3. The lowest BCUT2D eigenvalue weighted by Crippen LogP contribution is -2.62. The molecule has 5 heteroatoms. The van der Waals surface area contributed by atoms with Gasteiger partial charge in [0.05, 0.1) is 18.3 Å². The first-order valence-corrected chi connectivity index (χ1v) is 12.3. The van der Waals surface area contributed by atoms with Crippen LogP contribution in [0.4, 0.5) is 0 Å². The third kappa shape index (κ3) is 3.26. The lowest BCUT2D eigenvalue weighted by Gasteiger charge is -2.64. The van der Waals surface area contributed by atoms with Crippen molar-refractivity contribution < 1.29 is 25.2 Å². The van der Waals surface area contributed by atoms with Crippen molar-refractivity contribution in [3.63, 3.8) is 0 Å². The van der Waals surface area contributed by atoms with Crippen LogP contribution in [0.5, 0.6) is 0 Å². The largest absolute Gasteiger partial charge is 0.481 e. The first kappa shape index (κ1) is 22.5. The second-order valence-corrected chi connectivity index (χ2v) is 12.0. The molecular formula is C25H42O5. The van der Waals surface area contributed by atoms with Crippen LogP contribution >= 0.6 is 0 Å². The van der Waals surface area contributed by atoms with Crippen LogP contribution < -0.4 is 0 Å². The molecule has 0 aromatic rings. The van der Waals surface area contributed by atoms with Gasteiger partial charge in [0.15, 0.2) is 0 Å². The van der Waals surface area contributed by atoms with Crippen molar-refractivity contribution in [1.29, 1.82) is 0 Å². The summed E-state index contributed by atoms with van der Waals surface area (Å²) >= 11 is 0. The van der Waals surface area contributed by atoms with Crippen molar-refractivity contribution in [1.82, 2.24) is 0 Å². The molecule has 12 atom stereocenters. The van der Waals surface area contributed by atoms with Crippen molar-refractivity contribution in [3.05, 3.63) is 0 Å². The van der Waals surface area contributed by atoms with Gasteiger partial charge in [-0.1, -0.05) is 27.7 Å². The third-order valence-corrected chi connectivity index (χ3v) is 10.8. The molecule has 4 aliphatic carbocycles. The standard InChI is InChI=1S/C25H42O5/c1-13(5-6-21(29)30)18-12-20(28)23-22-17(7-8-24(18,23)3)25(4)14(2)9-16(26)10-15(25)11-19(22)27/h13-20,22-23,26-28H,5-12H2,1-4H3,(H,29,30)/t13-,14?,15+,16-,17+,18-,19-,20+,22+,23+,24-,25+/m1/s1. The van der Waals surface area contributed by atoms with E-state index in [0.29, 0.717) is 30.1 Å². The van der Waals surface area contributed by atoms with Gasteiger partial charge in [0, 0.05) is 6.42 Å². The highest BCUT2D eigenvalue weighted by Crippen LogP contribution is 2.69. The molecule has 0 amide bonds. The van der Waals surface area contributed by atoms with Gasteiger partial charge in [0.1, 0.15) is 0 Å². The van der Waals surface area contributed by atoms with Gasteiger partial charge in [0.2, 0.25) is 0 Å². The maximum atomic E-state index is 11.3. The van der Waals surface area contributed by atoms with E-state index in [9.17, 15) is 20.1 Å². The van der Waals surface area contributed by atoms with Gasteiger partial charge in [-0.3, -0.25) is 4.79 Å². The Morgan fingerprint density at radius 2 is 1.77 bits per heavy atom. The number of carboxylic acids is 1. The molecule has 0 heterocycles. The highest BCUT2D eigenvalue weighted by Gasteiger charge is 2.66. The molecule has 0 aromatic carbocycles. The molecule has 4 N–H and O–H groups in total. The predicted molar refractivity (Wildman–Crippen MR) is 115 cm³/mol. The van der Waals surface area contributed by atoms with Crippen LogP contribution in [0.3, 0.4) is 0 Å². The first-order chi connectivity index (χ1) is 14.0. The summed E-state index contributed by atoms with van der Waals surface area (Å²) in [6.07, 6.45) is 4.95. The highest BCUT2D eigenvalue weighted by molar-refractivity contribution is 5.66. The Balaban J connectivity index is 1.63. The molecule has 5 nitrogen and oxygen atoms in total. The number of aliphatic carboxylic acids is 1. The Morgan fingerprint density at radius 3 is 2.43 bits per heavy atom. The monoisotopic (exact) mass is 422 g/mol. The van der Waals surface area contributed by atoms with E-state index in [1.54, 1.807) is 0 Å². The van der Waals surface area contributed by atoms with E-state index in [-0.39, 0.29) is 41.1 Å². The number of carboxylic acid groups (broad SMARTS) is 1. The summed E-state index contributed by atoms with van der Waals surface area (Å²) < 4.78 is 0. The van der Waals surface area contributed by atoms with Crippen LogP contribution in [0.15, 0.2) is 0 Å². The molecule has 172 valence electrons. The van der Waals surface area contributed by atoms with E-state index in [4.69, 9.17) is 5.11 Å². The SMILES string of the molecule is CC1C[C@@H](O)C[C@H]2C[C@@H](O)[C@H]3[C@@H]4[C@@H](O)C[C@H]([C@H](C)CCC(=O)O)[C@@]4(C)CC[C@@H]3[C@@]12C. The van der Waals surface area contributed by atoms with Gasteiger partial charge in [-0.05, 0) is 97.2 Å². The number of fused-ring (bicyclic) bond motifs is 5.